The zero-order valence-corrected chi connectivity index (χ0v) is 15.6. The Kier molecular flexibility index (Phi) is 4.51. The first-order valence-corrected chi connectivity index (χ1v) is 9.03. The molecule has 0 amide bonds. The first kappa shape index (κ1) is 16.9. The molecule has 4 rings (SSSR count). The Morgan fingerprint density at radius 3 is 2.85 bits per heavy atom. The summed E-state index contributed by atoms with van der Waals surface area (Å²) >= 11 is 6.56. The standard InChI is InChI=1S/C21H20ClN3O/c1-14-7-8-19-17(11-14)18(22)12-21(23-19)25-10-9-20(24-26-2)16-6-4-3-5-15(16)13-25/h3-8,11-12H,9-10,13H2,1-2H3/b24-20-. The van der Waals surface area contributed by atoms with Crippen LogP contribution in [-0.4, -0.2) is 24.4 Å². The molecule has 0 aliphatic carbocycles. The molecule has 3 aromatic rings. The van der Waals surface area contributed by atoms with Gasteiger partial charge in [-0.25, -0.2) is 4.98 Å². The Labute approximate surface area is 158 Å². The molecule has 0 radical (unpaired) electrons. The van der Waals surface area contributed by atoms with Gasteiger partial charge in [-0.05, 0) is 30.7 Å². The van der Waals surface area contributed by atoms with Crippen molar-refractivity contribution in [3.05, 3.63) is 70.2 Å². The number of pyridine rings is 1. The van der Waals surface area contributed by atoms with Gasteiger partial charge in [0.25, 0.3) is 0 Å². The van der Waals surface area contributed by atoms with E-state index in [1.54, 1.807) is 7.11 Å². The van der Waals surface area contributed by atoms with Crippen LogP contribution in [0.4, 0.5) is 5.82 Å². The maximum atomic E-state index is 6.56. The zero-order chi connectivity index (χ0) is 18.1. The predicted molar refractivity (Wildman–Crippen MR) is 107 cm³/mol. The van der Waals surface area contributed by atoms with Crippen molar-refractivity contribution in [1.82, 2.24) is 4.98 Å². The van der Waals surface area contributed by atoms with E-state index in [0.717, 1.165) is 52.5 Å². The lowest BCUT2D eigenvalue weighted by Gasteiger charge is -2.22. The van der Waals surface area contributed by atoms with Gasteiger partial charge in [-0.15, -0.1) is 0 Å². The molecular formula is C21H20ClN3O. The van der Waals surface area contributed by atoms with Crippen molar-refractivity contribution in [3.63, 3.8) is 0 Å². The van der Waals surface area contributed by atoms with Gasteiger partial charge in [0.05, 0.1) is 16.3 Å². The first-order chi connectivity index (χ1) is 12.7. The maximum absolute atomic E-state index is 6.56. The van der Waals surface area contributed by atoms with Gasteiger partial charge in [-0.2, -0.15) is 0 Å². The molecule has 132 valence electrons. The molecule has 0 saturated heterocycles. The van der Waals surface area contributed by atoms with E-state index in [4.69, 9.17) is 21.4 Å². The van der Waals surface area contributed by atoms with E-state index < -0.39 is 0 Å². The number of halogens is 1. The third-order valence-corrected chi connectivity index (χ3v) is 5.05. The molecule has 0 fully saturated rings. The number of hydrogen-bond donors (Lipinski definition) is 0. The minimum Gasteiger partial charge on any atom is -0.399 e. The summed E-state index contributed by atoms with van der Waals surface area (Å²) in [6.07, 6.45) is 0.788. The molecular weight excluding hydrogens is 346 g/mol. The molecule has 2 aromatic carbocycles. The summed E-state index contributed by atoms with van der Waals surface area (Å²) in [5.41, 5.74) is 5.41. The lowest BCUT2D eigenvalue weighted by Crippen LogP contribution is -2.24. The lowest BCUT2D eigenvalue weighted by atomic mass is 10.0. The average Bonchev–Trinajstić information content (AvgIpc) is 2.82. The highest BCUT2D eigenvalue weighted by Gasteiger charge is 2.21. The fraction of sp³-hybridized carbons (Fsp3) is 0.238. The molecule has 5 heteroatoms. The van der Waals surface area contributed by atoms with Gasteiger partial charge >= 0.3 is 0 Å². The van der Waals surface area contributed by atoms with Gasteiger partial charge in [0.2, 0.25) is 0 Å². The van der Waals surface area contributed by atoms with Gasteiger partial charge in [0.1, 0.15) is 12.9 Å². The average molecular weight is 366 g/mol. The number of anilines is 1. The van der Waals surface area contributed by atoms with Crippen LogP contribution in [0.1, 0.15) is 23.1 Å². The highest BCUT2D eigenvalue weighted by Crippen LogP contribution is 2.30. The number of benzene rings is 2. The van der Waals surface area contributed by atoms with Crippen molar-refractivity contribution in [2.45, 2.75) is 19.9 Å². The second kappa shape index (κ2) is 6.96. The van der Waals surface area contributed by atoms with Crippen LogP contribution in [0, 0.1) is 6.92 Å². The maximum Gasteiger partial charge on any atom is 0.131 e. The third-order valence-electron chi connectivity index (χ3n) is 4.73. The highest BCUT2D eigenvalue weighted by molar-refractivity contribution is 6.35. The summed E-state index contributed by atoms with van der Waals surface area (Å²) in [5, 5.41) is 5.96. The first-order valence-electron chi connectivity index (χ1n) is 8.66. The summed E-state index contributed by atoms with van der Waals surface area (Å²) in [6, 6.07) is 16.5. The molecule has 0 atom stereocenters. The molecule has 26 heavy (non-hydrogen) atoms. The van der Waals surface area contributed by atoms with Crippen molar-refractivity contribution >= 4 is 34.0 Å². The van der Waals surface area contributed by atoms with E-state index in [0.29, 0.717) is 0 Å². The highest BCUT2D eigenvalue weighted by atomic mass is 35.5. The number of aromatic nitrogens is 1. The number of nitrogens with zero attached hydrogens (tertiary/aromatic N) is 3. The summed E-state index contributed by atoms with van der Waals surface area (Å²) in [6.45, 7) is 3.63. The van der Waals surface area contributed by atoms with Gasteiger partial charge < -0.3 is 9.74 Å². The van der Waals surface area contributed by atoms with E-state index in [2.05, 4.69) is 47.3 Å². The van der Waals surface area contributed by atoms with Crippen LogP contribution in [-0.2, 0) is 11.4 Å². The number of hydrogen-bond acceptors (Lipinski definition) is 4. The third kappa shape index (κ3) is 3.13. The lowest BCUT2D eigenvalue weighted by molar-refractivity contribution is 0.213. The van der Waals surface area contributed by atoms with Gasteiger partial charge in [-0.1, -0.05) is 52.7 Å². The van der Waals surface area contributed by atoms with Crippen molar-refractivity contribution in [2.75, 3.05) is 18.6 Å². The second-order valence-electron chi connectivity index (χ2n) is 6.53. The van der Waals surface area contributed by atoms with Crippen LogP contribution in [0.3, 0.4) is 0 Å². The molecule has 0 spiro atoms. The largest absolute Gasteiger partial charge is 0.399 e. The fourth-order valence-electron chi connectivity index (χ4n) is 3.45. The van der Waals surface area contributed by atoms with Crippen molar-refractivity contribution in [1.29, 1.82) is 0 Å². The quantitative estimate of drug-likeness (QED) is 0.602. The van der Waals surface area contributed by atoms with Crippen LogP contribution in [0.15, 0.2) is 53.7 Å². The zero-order valence-electron chi connectivity index (χ0n) is 14.9. The van der Waals surface area contributed by atoms with E-state index in [1.165, 1.54) is 11.1 Å². The Hall–Kier alpha value is -2.59. The molecule has 0 saturated carbocycles. The molecule has 1 aliphatic rings. The molecule has 2 heterocycles. The van der Waals surface area contributed by atoms with Crippen molar-refractivity contribution < 1.29 is 4.84 Å². The van der Waals surface area contributed by atoms with Crippen LogP contribution >= 0.6 is 11.6 Å². The Morgan fingerprint density at radius 2 is 2.00 bits per heavy atom. The van der Waals surface area contributed by atoms with E-state index in [9.17, 15) is 0 Å². The monoisotopic (exact) mass is 365 g/mol. The summed E-state index contributed by atoms with van der Waals surface area (Å²) < 4.78 is 0. The van der Waals surface area contributed by atoms with Gasteiger partial charge in [0, 0.05) is 30.5 Å². The fourth-order valence-corrected chi connectivity index (χ4v) is 3.70. The molecule has 4 nitrogen and oxygen atoms in total. The van der Waals surface area contributed by atoms with Crippen LogP contribution in [0.2, 0.25) is 5.02 Å². The van der Waals surface area contributed by atoms with E-state index in [1.807, 2.05) is 18.2 Å². The predicted octanol–water partition coefficient (Wildman–Crippen LogP) is 4.96. The minimum atomic E-state index is 0.733. The van der Waals surface area contributed by atoms with Crippen molar-refractivity contribution in [3.8, 4) is 0 Å². The van der Waals surface area contributed by atoms with Gasteiger partial charge in [0.15, 0.2) is 0 Å². The molecule has 0 bridgehead atoms. The molecule has 1 aromatic heterocycles. The van der Waals surface area contributed by atoms with Crippen LogP contribution in [0.5, 0.6) is 0 Å². The SMILES string of the molecule is CO/N=C1/CCN(c2cc(Cl)c3cc(C)ccc3n2)Cc2ccccc21. The summed E-state index contributed by atoms with van der Waals surface area (Å²) in [7, 11) is 1.59. The summed E-state index contributed by atoms with van der Waals surface area (Å²) in [4.78, 5) is 12.2. The number of oxime groups is 1. The Morgan fingerprint density at radius 1 is 1.15 bits per heavy atom. The number of fused-ring (bicyclic) bond motifs is 2. The molecule has 0 unspecified atom stereocenters. The van der Waals surface area contributed by atoms with Crippen LogP contribution in [0.25, 0.3) is 10.9 Å². The van der Waals surface area contributed by atoms with Gasteiger partial charge in [-0.3, -0.25) is 0 Å². The Bertz CT molecular complexity index is 1000. The number of rotatable bonds is 2. The van der Waals surface area contributed by atoms with E-state index in [-0.39, 0.29) is 0 Å². The van der Waals surface area contributed by atoms with Crippen molar-refractivity contribution in [2.24, 2.45) is 5.16 Å². The van der Waals surface area contributed by atoms with Crippen LogP contribution < -0.4 is 4.90 Å². The minimum absolute atomic E-state index is 0.733. The molecule has 0 N–H and O–H groups in total. The number of aryl methyl sites for hydroxylation is 1. The molecule has 1 aliphatic heterocycles. The Balaban J connectivity index is 1.76. The smallest absolute Gasteiger partial charge is 0.131 e. The van der Waals surface area contributed by atoms with E-state index >= 15 is 0 Å². The second-order valence-corrected chi connectivity index (χ2v) is 6.94. The topological polar surface area (TPSA) is 37.7 Å². The normalized spacial score (nSPS) is 15.8. The summed E-state index contributed by atoms with van der Waals surface area (Å²) in [5.74, 6) is 0.889.